The van der Waals surface area contributed by atoms with E-state index >= 15 is 0 Å². The zero-order chi connectivity index (χ0) is 16.9. The highest BCUT2D eigenvalue weighted by Gasteiger charge is 2.28. The first-order chi connectivity index (χ1) is 11.7. The van der Waals surface area contributed by atoms with Crippen LogP contribution in [0.1, 0.15) is 48.3 Å². The second kappa shape index (κ2) is 7.99. The minimum absolute atomic E-state index is 0.0880. The molecule has 1 fully saturated rings. The molecular formula is C19H27NO4. The van der Waals surface area contributed by atoms with E-state index in [-0.39, 0.29) is 24.8 Å². The minimum Gasteiger partial charge on any atom is -0.453 e. The third-order valence-corrected chi connectivity index (χ3v) is 5.27. The van der Waals surface area contributed by atoms with Crippen molar-refractivity contribution >= 4 is 6.09 Å². The fourth-order valence-corrected chi connectivity index (χ4v) is 4.00. The molecule has 0 aromatic heterocycles. The van der Waals surface area contributed by atoms with E-state index in [9.17, 15) is 4.79 Å². The van der Waals surface area contributed by atoms with Gasteiger partial charge in [0.25, 0.3) is 0 Å². The molecule has 2 N–H and O–H groups in total. The number of fused-ring (bicyclic) bond motifs is 1. The number of amides is 1. The molecule has 3 atom stereocenters. The molecule has 0 bridgehead atoms. The Balaban J connectivity index is 1.60. The zero-order valence-corrected chi connectivity index (χ0v) is 14.3. The lowest BCUT2D eigenvalue weighted by molar-refractivity contribution is 0.0216. The van der Waals surface area contributed by atoms with Crippen molar-refractivity contribution in [3.8, 4) is 0 Å². The first-order valence-electron chi connectivity index (χ1n) is 8.88. The predicted molar refractivity (Wildman–Crippen MR) is 91.2 cm³/mol. The van der Waals surface area contributed by atoms with E-state index in [1.807, 2.05) is 0 Å². The van der Waals surface area contributed by atoms with E-state index < -0.39 is 0 Å². The van der Waals surface area contributed by atoms with Crippen molar-refractivity contribution in [2.24, 2.45) is 0 Å². The van der Waals surface area contributed by atoms with E-state index in [1.54, 1.807) is 0 Å². The molecule has 2 aliphatic rings. The molecule has 0 radical (unpaired) electrons. The lowest BCUT2D eigenvalue weighted by Gasteiger charge is -2.26. The van der Waals surface area contributed by atoms with Crippen molar-refractivity contribution in [1.82, 2.24) is 5.32 Å². The first kappa shape index (κ1) is 17.2. The van der Waals surface area contributed by atoms with Crippen LogP contribution in [-0.2, 0) is 22.3 Å². The van der Waals surface area contributed by atoms with Crippen molar-refractivity contribution in [3.05, 3.63) is 34.9 Å². The van der Waals surface area contributed by atoms with Crippen molar-refractivity contribution in [3.63, 3.8) is 0 Å². The number of benzene rings is 1. The summed E-state index contributed by atoms with van der Waals surface area (Å²) in [6.45, 7) is 0.513. The van der Waals surface area contributed by atoms with Gasteiger partial charge in [-0.1, -0.05) is 18.2 Å². The standard InChI is InChI=1S/C19H27NO4/c1-23-19(22)20-17-6-4-15(11-17)13-2-3-16-12-18(24-9-8-21)7-5-14(16)10-13/h2-3,10,15,17-18,21H,4-9,11-12H2,1H3,(H,20,22). The van der Waals surface area contributed by atoms with Crippen LogP contribution in [0.25, 0.3) is 0 Å². The molecule has 5 heteroatoms. The molecule has 2 aliphatic carbocycles. The maximum absolute atomic E-state index is 11.3. The molecule has 0 aliphatic heterocycles. The molecule has 3 rings (SSSR count). The number of rotatable bonds is 5. The summed E-state index contributed by atoms with van der Waals surface area (Å²) in [7, 11) is 1.41. The van der Waals surface area contributed by atoms with Gasteiger partial charge in [0.15, 0.2) is 0 Å². The molecule has 0 heterocycles. The maximum atomic E-state index is 11.3. The van der Waals surface area contributed by atoms with Crippen LogP contribution < -0.4 is 5.32 Å². The van der Waals surface area contributed by atoms with Gasteiger partial charge < -0.3 is 19.9 Å². The number of methoxy groups -OCH3 is 1. The quantitative estimate of drug-likeness (QED) is 0.869. The number of carbonyl (C=O) groups is 1. The minimum atomic E-state index is -0.333. The summed E-state index contributed by atoms with van der Waals surface area (Å²) < 4.78 is 10.4. The number of aliphatic hydroxyl groups is 1. The molecule has 0 saturated heterocycles. The monoisotopic (exact) mass is 333 g/mol. The van der Waals surface area contributed by atoms with Gasteiger partial charge in [-0.15, -0.1) is 0 Å². The molecule has 1 amide bonds. The Kier molecular flexibility index (Phi) is 5.74. The predicted octanol–water partition coefficient (Wildman–Crippen LogP) is 2.54. The van der Waals surface area contributed by atoms with Gasteiger partial charge in [-0.25, -0.2) is 4.79 Å². The van der Waals surface area contributed by atoms with Crippen LogP contribution in [0.2, 0.25) is 0 Å². The normalized spacial score (nSPS) is 26.0. The van der Waals surface area contributed by atoms with Crippen molar-refractivity contribution in [1.29, 1.82) is 0 Å². The number of aryl methyl sites for hydroxylation is 1. The van der Waals surface area contributed by atoms with Crippen LogP contribution in [0.15, 0.2) is 18.2 Å². The second-order valence-corrected chi connectivity index (χ2v) is 6.83. The van der Waals surface area contributed by atoms with Crippen LogP contribution in [0.4, 0.5) is 4.79 Å². The van der Waals surface area contributed by atoms with Crippen molar-refractivity contribution in [2.45, 2.75) is 56.6 Å². The van der Waals surface area contributed by atoms with Crippen LogP contribution in [0.3, 0.4) is 0 Å². The Bertz CT molecular complexity index is 574. The summed E-state index contributed by atoms with van der Waals surface area (Å²) in [6.07, 6.45) is 5.99. The number of ether oxygens (including phenoxy) is 2. The SMILES string of the molecule is COC(=O)NC1CCC(c2ccc3c(c2)CCC(OCCO)C3)C1. The Hall–Kier alpha value is -1.59. The van der Waals surface area contributed by atoms with Crippen LogP contribution in [0, 0.1) is 0 Å². The Labute approximate surface area is 143 Å². The van der Waals surface area contributed by atoms with Gasteiger partial charge in [0.1, 0.15) is 0 Å². The average molecular weight is 333 g/mol. The molecular weight excluding hydrogens is 306 g/mol. The van der Waals surface area contributed by atoms with Gasteiger partial charge >= 0.3 is 6.09 Å². The average Bonchev–Trinajstić information content (AvgIpc) is 3.07. The number of alkyl carbamates (subject to hydrolysis) is 1. The summed E-state index contributed by atoms with van der Waals surface area (Å²) in [5.74, 6) is 0.515. The molecule has 5 nitrogen and oxygen atoms in total. The Morgan fingerprint density at radius 2 is 2.17 bits per heavy atom. The van der Waals surface area contributed by atoms with E-state index in [0.717, 1.165) is 38.5 Å². The highest BCUT2D eigenvalue weighted by Crippen LogP contribution is 2.36. The van der Waals surface area contributed by atoms with Crippen molar-refractivity contribution in [2.75, 3.05) is 20.3 Å². The van der Waals surface area contributed by atoms with Crippen molar-refractivity contribution < 1.29 is 19.4 Å². The van der Waals surface area contributed by atoms with Crippen LogP contribution in [0.5, 0.6) is 0 Å². The van der Waals surface area contributed by atoms with E-state index in [4.69, 9.17) is 9.84 Å². The van der Waals surface area contributed by atoms with E-state index in [0.29, 0.717) is 12.5 Å². The summed E-state index contributed by atoms with van der Waals surface area (Å²) in [5, 5.41) is 11.8. The summed E-state index contributed by atoms with van der Waals surface area (Å²) in [5.41, 5.74) is 4.19. The van der Waals surface area contributed by atoms with E-state index in [1.165, 1.54) is 23.8 Å². The first-order valence-corrected chi connectivity index (χ1v) is 8.88. The number of hydrogen-bond acceptors (Lipinski definition) is 4. The van der Waals surface area contributed by atoms with Gasteiger partial charge in [0, 0.05) is 6.04 Å². The van der Waals surface area contributed by atoms with Gasteiger partial charge in [0.2, 0.25) is 0 Å². The molecule has 24 heavy (non-hydrogen) atoms. The zero-order valence-electron chi connectivity index (χ0n) is 14.3. The lowest BCUT2D eigenvalue weighted by atomic mass is 9.86. The van der Waals surface area contributed by atoms with E-state index in [2.05, 4.69) is 28.3 Å². The van der Waals surface area contributed by atoms with Gasteiger partial charge in [-0.3, -0.25) is 0 Å². The highest BCUT2D eigenvalue weighted by molar-refractivity contribution is 5.67. The van der Waals surface area contributed by atoms with Gasteiger partial charge in [-0.05, 0) is 61.1 Å². The Morgan fingerprint density at radius 3 is 2.96 bits per heavy atom. The fourth-order valence-electron chi connectivity index (χ4n) is 4.00. The lowest BCUT2D eigenvalue weighted by Crippen LogP contribution is -2.32. The van der Waals surface area contributed by atoms with Crippen LogP contribution in [-0.4, -0.2) is 43.7 Å². The molecule has 3 unspecified atom stereocenters. The second-order valence-electron chi connectivity index (χ2n) is 6.83. The van der Waals surface area contributed by atoms with Gasteiger partial charge in [-0.2, -0.15) is 0 Å². The summed E-state index contributed by atoms with van der Waals surface area (Å²) >= 11 is 0. The number of aliphatic hydroxyl groups excluding tert-OH is 1. The molecule has 1 aromatic rings. The maximum Gasteiger partial charge on any atom is 0.407 e. The number of nitrogens with one attached hydrogen (secondary N) is 1. The third-order valence-electron chi connectivity index (χ3n) is 5.27. The highest BCUT2D eigenvalue weighted by atomic mass is 16.5. The fraction of sp³-hybridized carbons (Fsp3) is 0.632. The Morgan fingerprint density at radius 1 is 1.29 bits per heavy atom. The summed E-state index contributed by atoms with van der Waals surface area (Å²) in [4.78, 5) is 11.3. The molecule has 0 spiro atoms. The molecule has 132 valence electrons. The molecule has 1 saturated carbocycles. The molecule has 1 aromatic carbocycles. The van der Waals surface area contributed by atoms with Crippen LogP contribution >= 0.6 is 0 Å². The summed E-state index contributed by atoms with van der Waals surface area (Å²) in [6, 6.07) is 7.04. The topological polar surface area (TPSA) is 67.8 Å². The largest absolute Gasteiger partial charge is 0.453 e. The number of hydrogen-bond donors (Lipinski definition) is 2. The smallest absolute Gasteiger partial charge is 0.407 e. The number of carbonyl (C=O) groups excluding carboxylic acids is 1. The third kappa shape index (κ3) is 4.08. The van der Waals surface area contributed by atoms with Gasteiger partial charge in [0.05, 0.1) is 26.4 Å².